The first-order valence-corrected chi connectivity index (χ1v) is 9.50. The van der Waals surface area contributed by atoms with Crippen LogP contribution in [0.2, 0.25) is 5.15 Å². The molecule has 0 saturated heterocycles. The number of primary amides is 1. The first kappa shape index (κ1) is 19.6. The van der Waals surface area contributed by atoms with E-state index in [0.29, 0.717) is 18.2 Å². The molecule has 0 bridgehead atoms. The molecule has 1 heterocycles. The molecular formula is C20H19BrClN3O2. The fourth-order valence-electron chi connectivity index (χ4n) is 2.88. The maximum Gasteiger partial charge on any atom is 0.231 e. The average molecular weight is 449 g/mol. The first-order chi connectivity index (χ1) is 12.9. The van der Waals surface area contributed by atoms with Crippen molar-refractivity contribution in [1.82, 2.24) is 9.88 Å². The lowest BCUT2D eigenvalue weighted by Crippen LogP contribution is -2.33. The smallest absolute Gasteiger partial charge is 0.231 e. The van der Waals surface area contributed by atoms with Crippen molar-refractivity contribution in [3.63, 3.8) is 0 Å². The van der Waals surface area contributed by atoms with Gasteiger partial charge < -0.3 is 10.5 Å². The zero-order valence-corrected chi connectivity index (χ0v) is 17.1. The number of nitrogens with two attached hydrogens (primary N) is 1. The molecule has 7 heteroatoms. The van der Waals surface area contributed by atoms with Crippen LogP contribution in [0.5, 0.6) is 5.75 Å². The van der Waals surface area contributed by atoms with Crippen LogP contribution in [0.3, 0.4) is 0 Å². The van der Waals surface area contributed by atoms with E-state index in [1.165, 1.54) is 0 Å². The van der Waals surface area contributed by atoms with Crippen LogP contribution >= 0.6 is 27.5 Å². The second-order valence-corrected chi connectivity index (χ2v) is 7.51. The van der Waals surface area contributed by atoms with E-state index in [1.807, 2.05) is 53.4 Å². The zero-order valence-electron chi connectivity index (χ0n) is 14.8. The summed E-state index contributed by atoms with van der Waals surface area (Å²) >= 11 is 9.83. The number of methoxy groups -OCH3 is 1. The lowest BCUT2D eigenvalue weighted by Gasteiger charge is -2.21. The van der Waals surface area contributed by atoms with Crippen LogP contribution in [0.1, 0.15) is 11.1 Å². The van der Waals surface area contributed by atoms with Gasteiger partial charge in [0.15, 0.2) is 0 Å². The van der Waals surface area contributed by atoms with E-state index in [-0.39, 0.29) is 12.5 Å². The number of carbonyl (C=O) groups is 1. The van der Waals surface area contributed by atoms with Crippen LogP contribution in [0.15, 0.2) is 53.0 Å². The number of amides is 1. The molecule has 140 valence electrons. The number of hydrogen-bond donors (Lipinski definition) is 1. The minimum Gasteiger partial charge on any atom is -0.497 e. The highest BCUT2D eigenvalue weighted by Gasteiger charge is 2.14. The third-order valence-electron chi connectivity index (χ3n) is 4.14. The van der Waals surface area contributed by atoms with Crippen molar-refractivity contribution in [3.8, 4) is 5.75 Å². The molecule has 0 aliphatic heterocycles. The fourth-order valence-corrected chi connectivity index (χ4v) is 3.35. The monoisotopic (exact) mass is 447 g/mol. The minimum absolute atomic E-state index is 0.132. The van der Waals surface area contributed by atoms with E-state index in [0.717, 1.165) is 32.3 Å². The van der Waals surface area contributed by atoms with Gasteiger partial charge in [-0.1, -0.05) is 39.7 Å². The molecule has 0 atom stereocenters. The Bertz CT molecular complexity index is 963. The highest BCUT2D eigenvalue weighted by molar-refractivity contribution is 9.10. The Morgan fingerprint density at radius 3 is 2.59 bits per heavy atom. The predicted molar refractivity (Wildman–Crippen MR) is 111 cm³/mol. The summed E-state index contributed by atoms with van der Waals surface area (Å²) in [6.45, 7) is 1.17. The van der Waals surface area contributed by atoms with Crippen LogP contribution in [-0.2, 0) is 17.9 Å². The zero-order chi connectivity index (χ0) is 19.4. The Morgan fingerprint density at radius 1 is 1.19 bits per heavy atom. The summed E-state index contributed by atoms with van der Waals surface area (Å²) in [7, 11) is 1.61. The predicted octanol–water partition coefficient (Wildman–Crippen LogP) is 4.15. The summed E-state index contributed by atoms with van der Waals surface area (Å²) in [4.78, 5) is 17.9. The number of rotatable bonds is 7. The number of pyridine rings is 1. The van der Waals surface area contributed by atoms with Gasteiger partial charge in [0.1, 0.15) is 10.9 Å². The Morgan fingerprint density at radius 2 is 1.93 bits per heavy atom. The maximum atomic E-state index is 11.5. The van der Waals surface area contributed by atoms with Gasteiger partial charge in [-0.15, -0.1) is 0 Å². The van der Waals surface area contributed by atoms with Gasteiger partial charge >= 0.3 is 0 Å². The van der Waals surface area contributed by atoms with Gasteiger partial charge in [-0.3, -0.25) is 9.69 Å². The van der Waals surface area contributed by atoms with Gasteiger partial charge in [0.05, 0.1) is 19.2 Å². The molecule has 27 heavy (non-hydrogen) atoms. The average Bonchev–Trinajstić information content (AvgIpc) is 2.63. The molecule has 1 aromatic heterocycles. The van der Waals surface area contributed by atoms with Crippen LogP contribution < -0.4 is 10.5 Å². The lowest BCUT2D eigenvalue weighted by atomic mass is 10.1. The summed E-state index contributed by atoms with van der Waals surface area (Å²) in [5.74, 6) is 0.339. The van der Waals surface area contributed by atoms with Gasteiger partial charge in [-0.2, -0.15) is 0 Å². The molecule has 0 aliphatic rings. The summed E-state index contributed by atoms with van der Waals surface area (Å²) in [5.41, 5.74) is 8.11. The minimum atomic E-state index is -0.387. The Balaban J connectivity index is 1.86. The second kappa shape index (κ2) is 8.69. The summed E-state index contributed by atoms with van der Waals surface area (Å²) in [5, 5.41) is 1.36. The van der Waals surface area contributed by atoms with E-state index in [2.05, 4.69) is 20.9 Å². The highest BCUT2D eigenvalue weighted by Crippen LogP contribution is 2.25. The van der Waals surface area contributed by atoms with E-state index in [9.17, 15) is 4.79 Å². The SMILES string of the molecule is COc1ccc2cc(CN(CC(N)=O)Cc3ccc(Br)cc3)c(Cl)nc2c1. The topological polar surface area (TPSA) is 68.5 Å². The van der Waals surface area contributed by atoms with Crippen LogP contribution in [0.4, 0.5) is 0 Å². The molecule has 3 rings (SSSR count). The van der Waals surface area contributed by atoms with E-state index in [1.54, 1.807) is 7.11 Å². The largest absolute Gasteiger partial charge is 0.497 e. The van der Waals surface area contributed by atoms with Crippen LogP contribution in [-0.4, -0.2) is 29.4 Å². The van der Waals surface area contributed by atoms with Crippen molar-refractivity contribution in [1.29, 1.82) is 0 Å². The van der Waals surface area contributed by atoms with Crippen LogP contribution in [0.25, 0.3) is 10.9 Å². The molecule has 1 amide bonds. The number of nitrogens with zero attached hydrogens (tertiary/aromatic N) is 2. The first-order valence-electron chi connectivity index (χ1n) is 8.33. The molecule has 2 N–H and O–H groups in total. The van der Waals surface area contributed by atoms with Crippen LogP contribution in [0, 0.1) is 0 Å². The van der Waals surface area contributed by atoms with E-state index < -0.39 is 0 Å². The molecule has 0 radical (unpaired) electrons. The van der Waals surface area contributed by atoms with Crippen molar-refractivity contribution in [2.75, 3.05) is 13.7 Å². The van der Waals surface area contributed by atoms with Crippen molar-refractivity contribution in [2.24, 2.45) is 5.73 Å². The number of halogens is 2. The highest BCUT2D eigenvalue weighted by atomic mass is 79.9. The third kappa shape index (κ3) is 5.19. The molecule has 5 nitrogen and oxygen atoms in total. The number of hydrogen-bond acceptors (Lipinski definition) is 4. The van der Waals surface area contributed by atoms with Crippen molar-refractivity contribution >= 4 is 44.3 Å². The lowest BCUT2D eigenvalue weighted by molar-refractivity contribution is -0.119. The van der Waals surface area contributed by atoms with E-state index in [4.69, 9.17) is 22.1 Å². The number of ether oxygens (including phenoxy) is 1. The van der Waals surface area contributed by atoms with E-state index >= 15 is 0 Å². The Hall–Kier alpha value is -2.15. The third-order valence-corrected chi connectivity index (χ3v) is 5.00. The van der Waals surface area contributed by atoms with Gasteiger partial charge in [0, 0.05) is 34.6 Å². The normalized spacial score (nSPS) is 11.1. The Labute approximate surface area is 171 Å². The number of fused-ring (bicyclic) bond motifs is 1. The summed E-state index contributed by atoms with van der Waals surface area (Å²) in [6.07, 6.45) is 0. The number of aromatic nitrogens is 1. The molecule has 0 saturated carbocycles. The van der Waals surface area contributed by atoms with Crippen molar-refractivity contribution in [2.45, 2.75) is 13.1 Å². The number of carbonyl (C=O) groups excluding carboxylic acids is 1. The quantitative estimate of drug-likeness (QED) is 0.551. The van der Waals surface area contributed by atoms with Crippen molar-refractivity contribution < 1.29 is 9.53 Å². The van der Waals surface area contributed by atoms with Gasteiger partial charge in [-0.05, 0) is 35.9 Å². The van der Waals surface area contributed by atoms with Gasteiger partial charge in [-0.25, -0.2) is 4.98 Å². The molecule has 2 aromatic carbocycles. The van der Waals surface area contributed by atoms with Crippen molar-refractivity contribution in [3.05, 3.63) is 69.3 Å². The standard InChI is InChI=1S/C20H19BrClN3O2/c1-27-17-7-4-14-8-15(20(22)24-18(14)9-17)11-25(12-19(23)26)10-13-2-5-16(21)6-3-13/h2-9H,10-12H2,1H3,(H2,23,26). The molecule has 0 fully saturated rings. The number of benzene rings is 2. The molecule has 0 unspecified atom stereocenters. The van der Waals surface area contributed by atoms with Gasteiger partial charge in [0.25, 0.3) is 0 Å². The molecule has 3 aromatic rings. The fraction of sp³-hybridized carbons (Fsp3) is 0.200. The molecule has 0 spiro atoms. The molecule has 0 aliphatic carbocycles. The second-order valence-electron chi connectivity index (χ2n) is 6.23. The maximum absolute atomic E-state index is 11.5. The molecular weight excluding hydrogens is 430 g/mol. The Kier molecular flexibility index (Phi) is 6.31. The summed E-state index contributed by atoms with van der Waals surface area (Å²) < 4.78 is 6.23. The van der Waals surface area contributed by atoms with Gasteiger partial charge in [0.2, 0.25) is 5.91 Å². The summed E-state index contributed by atoms with van der Waals surface area (Å²) in [6, 6.07) is 15.6.